The van der Waals surface area contributed by atoms with Crippen LogP contribution in [-0.2, 0) is 19.1 Å². The van der Waals surface area contributed by atoms with E-state index in [9.17, 15) is 9.59 Å². The van der Waals surface area contributed by atoms with Crippen LogP contribution in [0.25, 0.3) is 0 Å². The van der Waals surface area contributed by atoms with Gasteiger partial charge in [-0.1, -0.05) is 0 Å². The van der Waals surface area contributed by atoms with E-state index in [2.05, 4.69) is 9.47 Å². The van der Waals surface area contributed by atoms with Crippen LogP contribution in [0.15, 0.2) is 0 Å². The molecule has 0 saturated carbocycles. The normalized spacial score (nSPS) is 7.40. The molecular weight excluding hydrogens is 163 g/mol. The molecule has 0 unspecified atom stereocenters. The Morgan fingerprint density at radius 3 is 1.60 bits per heavy atom. The molecule has 0 aliphatic rings. The standard InChI is InChI=1S/C5H8O4.K.H/c1-8-4(6)3-5(7)9-2;;/h3H2,1-2H3;;. The fourth-order valence-corrected chi connectivity index (χ4v) is 0.262. The molecule has 0 amide bonds. The van der Waals surface area contributed by atoms with Gasteiger partial charge in [0.1, 0.15) is 6.42 Å². The summed E-state index contributed by atoms with van der Waals surface area (Å²) in [5.74, 6) is -1.16. The van der Waals surface area contributed by atoms with Crippen LogP contribution in [0.4, 0.5) is 0 Å². The third kappa shape index (κ3) is 6.69. The van der Waals surface area contributed by atoms with Crippen molar-refractivity contribution in [3.63, 3.8) is 0 Å². The van der Waals surface area contributed by atoms with Crippen LogP contribution in [0.3, 0.4) is 0 Å². The molecule has 54 valence electrons. The molecule has 10 heavy (non-hydrogen) atoms. The molecule has 0 aromatic heterocycles. The summed E-state index contributed by atoms with van der Waals surface area (Å²) in [5, 5.41) is 0. The van der Waals surface area contributed by atoms with Gasteiger partial charge < -0.3 is 9.47 Å². The first-order valence-electron chi connectivity index (χ1n) is 2.34. The second kappa shape index (κ2) is 7.68. The molecule has 0 atom stereocenters. The Balaban J connectivity index is 0. The Kier molecular flexibility index (Phi) is 10.1. The Hall–Kier alpha value is 0.576. The molecule has 0 rings (SSSR count). The monoisotopic (exact) mass is 172 g/mol. The number of methoxy groups -OCH3 is 2. The van der Waals surface area contributed by atoms with E-state index in [1.54, 1.807) is 0 Å². The number of rotatable bonds is 2. The molecule has 0 N–H and O–H groups in total. The zero-order valence-corrected chi connectivity index (χ0v) is 5.34. The Labute approximate surface area is 102 Å². The van der Waals surface area contributed by atoms with E-state index >= 15 is 0 Å². The number of carbonyl (C=O) groups is 2. The molecular formula is C5H9KO4. The van der Waals surface area contributed by atoms with Gasteiger partial charge >= 0.3 is 63.3 Å². The molecule has 0 aliphatic carbocycles. The molecule has 0 aromatic carbocycles. The quantitative estimate of drug-likeness (QED) is 0.307. The van der Waals surface area contributed by atoms with Gasteiger partial charge in [0.25, 0.3) is 0 Å². The second-order valence-corrected chi connectivity index (χ2v) is 1.33. The minimum atomic E-state index is -0.582. The van der Waals surface area contributed by atoms with Gasteiger partial charge in [0.05, 0.1) is 14.2 Å². The molecule has 0 aromatic rings. The van der Waals surface area contributed by atoms with Crippen molar-refractivity contribution in [2.45, 2.75) is 6.42 Å². The molecule has 4 nitrogen and oxygen atoms in total. The van der Waals surface area contributed by atoms with Gasteiger partial charge in [-0.3, -0.25) is 9.59 Å². The van der Waals surface area contributed by atoms with E-state index in [-0.39, 0.29) is 57.8 Å². The Morgan fingerprint density at radius 2 is 1.40 bits per heavy atom. The maximum atomic E-state index is 10.3. The predicted octanol–water partition coefficient (Wildman–Crippen LogP) is -0.926. The number of ether oxygens (including phenoxy) is 2. The molecule has 0 radical (unpaired) electrons. The van der Waals surface area contributed by atoms with Gasteiger partial charge in [0.2, 0.25) is 0 Å². The van der Waals surface area contributed by atoms with E-state index in [4.69, 9.17) is 0 Å². The van der Waals surface area contributed by atoms with E-state index in [0.717, 1.165) is 0 Å². The summed E-state index contributed by atoms with van der Waals surface area (Å²) in [7, 11) is 2.43. The van der Waals surface area contributed by atoms with Crippen molar-refractivity contribution < 1.29 is 19.1 Å². The van der Waals surface area contributed by atoms with Gasteiger partial charge in [-0.2, -0.15) is 0 Å². The first kappa shape index (κ1) is 13.2. The van der Waals surface area contributed by atoms with Crippen molar-refractivity contribution in [3.05, 3.63) is 0 Å². The predicted molar refractivity (Wildman–Crippen MR) is 35.8 cm³/mol. The van der Waals surface area contributed by atoms with Crippen LogP contribution < -0.4 is 0 Å². The zero-order chi connectivity index (χ0) is 7.28. The van der Waals surface area contributed by atoms with Crippen molar-refractivity contribution in [2.75, 3.05) is 14.2 Å². The Bertz CT molecular complexity index is 109. The summed E-state index contributed by atoms with van der Waals surface area (Å²) < 4.78 is 8.37. The summed E-state index contributed by atoms with van der Waals surface area (Å²) in [6.07, 6.45) is -0.312. The van der Waals surface area contributed by atoms with Gasteiger partial charge in [-0.25, -0.2) is 0 Å². The summed E-state index contributed by atoms with van der Waals surface area (Å²) in [5.41, 5.74) is 0. The molecule has 0 heterocycles. The van der Waals surface area contributed by atoms with Crippen molar-refractivity contribution in [2.24, 2.45) is 0 Å². The first-order valence-corrected chi connectivity index (χ1v) is 2.34. The fourth-order valence-electron chi connectivity index (χ4n) is 0.262. The van der Waals surface area contributed by atoms with Crippen LogP contribution in [0, 0.1) is 0 Å². The number of esters is 2. The average Bonchev–Trinajstić information content (AvgIpc) is 1.87. The molecule has 0 bridgehead atoms. The van der Waals surface area contributed by atoms with Crippen LogP contribution >= 0.6 is 0 Å². The van der Waals surface area contributed by atoms with Crippen molar-refractivity contribution >= 4 is 63.3 Å². The molecule has 0 fully saturated rings. The third-order valence-corrected chi connectivity index (χ3v) is 0.744. The summed E-state index contributed by atoms with van der Waals surface area (Å²) in [4.78, 5) is 20.5. The molecule has 0 saturated heterocycles. The van der Waals surface area contributed by atoms with Gasteiger partial charge in [0, 0.05) is 0 Å². The van der Waals surface area contributed by atoms with Gasteiger partial charge in [-0.15, -0.1) is 0 Å². The van der Waals surface area contributed by atoms with Crippen LogP contribution in [0.5, 0.6) is 0 Å². The second-order valence-electron chi connectivity index (χ2n) is 1.33. The molecule has 0 aliphatic heterocycles. The minimum absolute atomic E-state index is 0. The topological polar surface area (TPSA) is 52.6 Å². The SMILES string of the molecule is COC(=O)CC(=O)OC.[KH]. The molecule has 0 spiro atoms. The van der Waals surface area contributed by atoms with Gasteiger partial charge in [0.15, 0.2) is 0 Å². The fraction of sp³-hybridized carbons (Fsp3) is 0.600. The van der Waals surface area contributed by atoms with E-state index in [1.807, 2.05) is 0 Å². The van der Waals surface area contributed by atoms with Gasteiger partial charge in [-0.05, 0) is 0 Å². The molecule has 5 heteroatoms. The zero-order valence-electron chi connectivity index (χ0n) is 5.34. The summed E-state index contributed by atoms with van der Waals surface area (Å²) >= 11 is 0. The van der Waals surface area contributed by atoms with Crippen molar-refractivity contribution in [3.8, 4) is 0 Å². The maximum absolute atomic E-state index is 10.3. The van der Waals surface area contributed by atoms with E-state index in [0.29, 0.717) is 0 Å². The van der Waals surface area contributed by atoms with Crippen molar-refractivity contribution in [1.29, 1.82) is 0 Å². The number of hydrogen-bond donors (Lipinski definition) is 0. The van der Waals surface area contributed by atoms with Crippen LogP contribution in [-0.4, -0.2) is 77.5 Å². The van der Waals surface area contributed by atoms with E-state index in [1.165, 1.54) is 14.2 Å². The summed E-state index contributed by atoms with van der Waals surface area (Å²) in [6, 6.07) is 0. The Morgan fingerprint density at radius 1 is 1.10 bits per heavy atom. The van der Waals surface area contributed by atoms with E-state index < -0.39 is 11.9 Å². The van der Waals surface area contributed by atoms with Crippen LogP contribution in [0.2, 0.25) is 0 Å². The van der Waals surface area contributed by atoms with Crippen LogP contribution in [0.1, 0.15) is 6.42 Å². The number of hydrogen-bond acceptors (Lipinski definition) is 4. The average molecular weight is 172 g/mol. The number of carbonyl (C=O) groups excluding carboxylic acids is 2. The third-order valence-electron chi connectivity index (χ3n) is 0.744. The first-order chi connectivity index (χ1) is 4.20. The summed E-state index contributed by atoms with van der Waals surface area (Å²) in [6.45, 7) is 0. The van der Waals surface area contributed by atoms with Crippen molar-refractivity contribution in [1.82, 2.24) is 0 Å².